The van der Waals surface area contributed by atoms with Crippen LogP contribution in [-0.4, -0.2) is 64.0 Å². The Morgan fingerprint density at radius 3 is 2.40 bits per heavy atom. The van der Waals surface area contributed by atoms with E-state index in [4.69, 9.17) is 4.74 Å². The molecule has 2 rings (SSSR count). The smallest absolute Gasteiger partial charge is 0.494 e. The van der Waals surface area contributed by atoms with Crippen LogP contribution in [0.25, 0.3) is 0 Å². The van der Waals surface area contributed by atoms with Crippen LogP contribution in [0.5, 0.6) is 5.75 Å². The molecule has 0 radical (unpaired) electrons. The van der Waals surface area contributed by atoms with Gasteiger partial charge in [0.05, 0.1) is 6.61 Å². The van der Waals surface area contributed by atoms with E-state index in [9.17, 15) is 21.6 Å². The summed E-state index contributed by atoms with van der Waals surface area (Å²) in [5.41, 5.74) is -5.24. The Morgan fingerprint density at radius 2 is 1.83 bits per heavy atom. The maximum absolute atomic E-state index is 12.6. The van der Waals surface area contributed by atoms with Crippen molar-refractivity contribution in [2.75, 3.05) is 39.8 Å². The molecule has 0 saturated carbocycles. The normalized spacial score (nSPS) is 16.6. The van der Waals surface area contributed by atoms with Crippen LogP contribution in [-0.2, 0) is 10.0 Å². The number of rotatable bonds is 8. The zero-order valence-corrected chi connectivity index (χ0v) is 19.8. The van der Waals surface area contributed by atoms with Crippen molar-refractivity contribution in [1.82, 2.24) is 14.9 Å². The molecule has 1 aliphatic heterocycles. The lowest BCUT2D eigenvalue weighted by atomic mass is 9.98. The van der Waals surface area contributed by atoms with E-state index in [0.717, 1.165) is 12.2 Å². The van der Waals surface area contributed by atoms with Crippen LogP contribution in [0.15, 0.2) is 35.3 Å². The monoisotopic (exact) mass is 564 g/mol. The van der Waals surface area contributed by atoms with Crippen molar-refractivity contribution in [2.24, 2.45) is 10.9 Å². The van der Waals surface area contributed by atoms with Gasteiger partial charge >= 0.3 is 15.5 Å². The summed E-state index contributed by atoms with van der Waals surface area (Å²) in [6.07, 6.45) is 1.50. The number of benzene rings is 1. The van der Waals surface area contributed by atoms with Gasteiger partial charge < -0.3 is 15.4 Å². The predicted molar refractivity (Wildman–Crippen MR) is 121 cm³/mol. The van der Waals surface area contributed by atoms with Crippen LogP contribution in [0, 0.1) is 5.92 Å². The minimum atomic E-state index is -5.24. The van der Waals surface area contributed by atoms with Crippen molar-refractivity contribution in [3.8, 4) is 5.75 Å². The average molecular weight is 564 g/mol. The molecular formula is C18H28F3IN4O3S. The van der Waals surface area contributed by atoms with Gasteiger partial charge in [-0.15, -0.1) is 24.0 Å². The lowest BCUT2D eigenvalue weighted by Crippen LogP contribution is -2.47. The standard InChI is InChI=1S/C18H27F3N4O3S.HI/c1-22-17(23-10-5-13-28-16-6-3-2-4-7-16)24-14-15-8-11-25(12-9-15)29(26,27)18(19,20)21;/h2-4,6-7,15H,5,8-14H2,1H3,(H2,22,23,24);1H. The molecule has 1 saturated heterocycles. The van der Waals surface area contributed by atoms with Gasteiger partial charge in [0.25, 0.3) is 0 Å². The largest absolute Gasteiger partial charge is 0.511 e. The summed E-state index contributed by atoms with van der Waals surface area (Å²) in [6.45, 7) is 1.46. The van der Waals surface area contributed by atoms with Gasteiger partial charge in [-0.2, -0.15) is 17.5 Å². The molecule has 1 aromatic carbocycles. The highest BCUT2D eigenvalue weighted by Gasteiger charge is 2.50. The minimum absolute atomic E-state index is 0. The molecule has 0 amide bonds. The Hall–Kier alpha value is -1.28. The quantitative estimate of drug-likeness (QED) is 0.220. The van der Waals surface area contributed by atoms with Gasteiger partial charge in [0.2, 0.25) is 0 Å². The van der Waals surface area contributed by atoms with Crippen LogP contribution in [0.2, 0.25) is 0 Å². The molecule has 1 fully saturated rings. The summed E-state index contributed by atoms with van der Waals surface area (Å²) < 4.78 is 66.8. The summed E-state index contributed by atoms with van der Waals surface area (Å²) in [5.74, 6) is 1.48. The second kappa shape index (κ2) is 12.5. The number of sulfonamides is 1. The summed E-state index contributed by atoms with van der Waals surface area (Å²) >= 11 is 0. The molecule has 0 unspecified atom stereocenters. The number of aliphatic imine (C=N–C) groups is 1. The number of alkyl halides is 3. The molecule has 7 nitrogen and oxygen atoms in total. The lowest BCUT2D eigenvalue weighted by Gasteiger charge is -2.31. The molecular weight excluding hydrogens is 536 g/mol. The fraction of sp³-hybridized carbons (Fsp3) is 0.611. The maximum Gasteiger partial charge on any atom is 0.511 e. The van der Waals surface area contributed by atoms with E-state index in [-0.39, 0.29) is 43.0 Å². The third kappa shape index (κ3) is 8.10. The zero-order chi connectivity index (χ0) is 21.3. The number of guanidine groups is 1. The van der Waals surface area contributed by atoms with E-state index in [0.29, 0.717) is 42.8 Å². The first kappa shape index (κ1) is 26.8. The van der Waals surface area contributed by atoms with E-state index in [1.807, 2.05) is 30.3 Å². The first-order chi connectivity index (χ1) is 13.7. The molecule has 12 heteroatoms. The molecule has 30 heavy (non-hydrogen) atoms. The third-order valence-electron chi connectivity index (χ3n) is 4.61. The summed E-state index contributed by atoms with van der Waals surface area (Å²) in [5, 5.41) is 6.29. The van der Waals surface area contributed by atoms with Crippen molar-refractivity contribution in [3.05, 3.63) is 30.3 Å². The highest BCUT2D eigenvalue weighted by molar-refractivity contribution is 14.0. The van der Waals surface area contributed by atoms with Crippen LogP contribution >= 0.6 is 24.0 Å². The van der Waals surface area contributed by atoms with E-state index < -0.39 is 15.5 Å². The summed E-state index contributed by atoms with van der Waals surface area (Å²) in [7, 11) is -3.60. The number of para-hydroxylation sites is 1. The molecule has 0 aliphatic carbocycles. The van der Waals surface area contributed by atoms with E-state index in [1.54, 1.807) is 7.05 Å². The number of hydrogen-bond acceptors (Lipinski definition) is 4. The molecule has 2 N–H and O–H groups in total. The predicted octanol–water partition coefficient (Wildman–Crippen LogP) is 2.80. The number of hydrogen-bond donors (Lipinski definition) is 2. The van der Waals surface area contributed by atoms with Gasteiger partial charge in [-0.05, 0) is 37.3 Å². The molecule has 1 aromatic rings. The molecule has 0 spiro atoms. The molecule has 1 heterocycles. The second-order valence-corrected chi connectivity index (χ2v) is 8.62. The van der Waals surface area contributed by atoms with Gasteiger partial charge in [-0.25, -0.2) is 8.42 Å². The molecule has 0 aromatic heterocycles. The summed E-state index contributed by atoms with van der Waals surface area (Å²) in [4.78, 5) is 4.11. The van der Waals surface area contributed by atoms with Crippen molar-refractivity contribution in [2.45, 2.75) is 24.8 Å². The van der Waals surface area contributed by atoms with Gasteiger partial charge in [0, 0.05) is 33.2 Å². The van der Waals surface area contributed by atoms with Crippen molar-refractivity contribution in [3.63, 3.8) is 0 Å². The second-order valence-electron chi connectivity index (χ2n) is 6.69. The van der Waals surface area contributed by atoms with Gasteiger partial charge in [0.15, 0.2) is 5.96 Å². The van der Waals surface area contributed by atoms with Crippen LogP contribution in [0.4, 0.5) is 13.2 Å². The number of nitrogens with zero attached hydrogens (tertiary/aromatic N) is 2. The van der Waals surface area contributed by atoms with Gasteiger partial charge in [-0.1, -0.05) is 18.2 Å². The Labute approximate surface area is 192 Å². The Balaban J connectivity index is 0.00000450. The molecule has 0 bridgehead atoms. The minimum Gasteiger partial charge on any atom is -0.494 e. The van der Waals surface area contributed by atoms with E-state index in [1.165, 1.54) is 0 Å². The van der Waals surface area contributed by atoms with E-state index >= 15 is 0 Å². The first-order valence-electron chi connectivity index (χ1n) is 9.43. The Morgan fingerprint density at radius 1 is 1.20 bits per heavy atom. The van der Waals surface area contributed by atoms with Crippen LogP contribution in [0.1, 0.15) is 19.3 Å². The topological polar surface area (TPSA) is 83.0 Å². The lowest BCUT2D eigenvalue weighted by molar-refractivity contribution is -0.0496. The first-order valence-corrected chi connectivity index (χ1v) is 10.9. The molecule has 1 aliphatic rings. The number of halogens is 4. The summed E-state index contributed by atoms with van der Waals surface area (Å²) in [6, 6.07) is 9.51. The number of ether oxygens (including phenoxy) is 1. The van der Waals surface area contributed by atoms with Crippen LogP contribution in [0.3, 0.4) is 0 Å². The third-order valence-corrected chi connectivity index (χ3v) is 6.24. The Kier molecular flexibility index (Phi) is 11.2. The van der Waals surface area contributed by atoms with Crippen LogP contribution < -0.4 is 15.4 Å². The average Bonchev–Trinajstić information content (AvgIpc) is 2.70. The zero-order valence-electron chi connectivity index (χ0n) is 16.7. The molecule has 0 atom stereocenters. The number of piperidine rings is 1. The maximum atomic E-state index is 12.6. The SMILES string of the molecule is CN=C(NCCCOc1ccccc1)NCC1CCN(S(=O)(=O)C(F)(F)F)CC1.I. The fourth-order valence-electron chi connectivity index (χ4n) is 2.95. The number of nitrogens with one attached hydrogen (secondary N) is 2. The van der Waals surface area contributed by atoms with Crippen molar-refractivity contribution >= 4 is 40.0 Å². The Bertz CT molecular complexity index is 756. The fourth-order valence-corrected chi connectivity index (χ4v) is 3.93. The molecule has 172 valence electrons. The van der Waals surface area contributed by atoms with Crippen molar-refractivity contribution < 1.29 is 26.3 Å². The van der Waals surface area contributed by atoms with Gasteiger partial charge in [0.1, 0.15) is 5.75 Å². The van der Waals surface area contributed by atoms with Crippen molar-refractivity contribution in [1.29, 1.82) is 0 Å². The van der Waals surface area contributed by atoms with Gasteiger partial charge in [-0.3, -0.25) is 4.99 Å². The highest BCUT2D eigenvalue weighted by atomic mass is 127. The van der Waals surface area contributed by atoms with E-state index in [2.05, 4.69) is 15.6 Å². The highest BCUT2D eigenvalue weighted by Crippen LogP contribution is 2.30.